The predicted molar refractivity (Wildman–Crippen MR) is 102 cm³/mol. The molecule has 29 heavy (non-hydrogen) atoms. The van der Waals surface area contributed by atoms with Crippen LogP contribution in [0.3, 0.4) is 0 Å². The Morgan fingerprint density at radius 2 is 2.14 bits per heavy atom. The standard InChI is InChI=1S/C20H15ClN4O4/c21-15-6-9-23-19(24-15)17(26)12-2-1-7-20(18(12)27)8-5-11-3-4-14(25(28)29)13(10-22)16(11)20/h3-4,6,9,12H,1-2,5,7-8H2. The van der Waals surface area contributed by atoms with E-state index in [1.807, 2.05) is 6.07 Å². The summed E-state index contributed by atoms with van der Waals surface area (Å²) in [6.07, 6.45) is 3.69. The molecule has 1 fully saturated rings. The predicted octanol–water partition coefficient (Wildman–Crippen LogP) is 3.35. The third kappa shape index (κ3) is 2.89. The summed E-state index contributed by atoms with van der Waals surface area (Å²) in [7, 11) is 0. The number of nitro benzene ring substituents is 1. The maximum Gasteiger partial charge on any atom is 0.287 e. The number of aryl methyl sites for hydroxylation is 1. The molecule has 1 spiro atoms. The van der Waals surface area contributed by atoms with Crippen LogP contribution in [-0.4, -0.2) is 26.5 Å². The van der Waals surface area contributed by atoms with Gasteiger partial charge in [0.25, 0.3) is 5.69 Å². The molecule has 1 saturated carbocycles. The summed E-state index contributed by atoms with van der Waals surface area (Å²) < 4.78 is 0. The van der Waals surface area contributed by atoms with Gasteiger partial charge in [-0.15, -0.1) is 0 Å². The zero-order valence-corrected chi connectivity index (χ0v) is 16.0. The van der Waals surface area contributed by atoms with Gasteiger partial charge in [0.15, 0.2) is 11.6 Å². The van der Waals surface area contributed by atoms with Gasteiger partial charge in [-0.3, -0.25) is 19.7 Å². The normalized spacial score (nSPS) is 22.9. The second kappa shape index (κ2) is 7.01. The number of rotatable bonds is 3. The first-order valence-corrected chi connectivity index (χ1v) is 9.55. The van der Waals surface area contributed by atoms with Crippen LogP contribution in [0.15, 0.2) is 24.4 Å². The first kappa shape index (κ1) is 19.2. The Balaban J connectivity index is 1.81. The lowest BCUT2D eigenvalue weighted by atomic mass is 9.63. The van der Waals surface area contributed by atoms with Gasteiger partial charge in [0.2, 0.25) is 5.78 Å². The molecule has 0 saturated heterocycles. The smallest absolute Gasteiger partial charge is 0.287 e. The van der Waals surface area contributed by atoms with E-state index in [0.29, 0.717) is 37.7 Å². The number of aromatic nitrogens is 2. The van der Waals surface area contributed by atoms with Crippen LogP contribution in [0.4, 0.5) is 5.69 Å². The molecule has 1 aromatic carbocycles. The SMILES string of the molecule is N#Cc1c([N+](=O)[O-])ccc2c1C1(CCCC(C(=O)c3nccc(Cl)n3)C1=O)CC2. The van der Waals surface area contributed by atoms with E-state index in [9.17, 15) is 25.0 Å². The number of halogens is 1. The second-order valence-corrected chi connectivity index (χ2v) is 7.71. The molecule has 2 atom stereocenters. The van der Waals surface area contributed by atoms with E-state index in [0.717, 1.165) is 5.56 Å². The number of carbonyl (C=O) groups excluding carboxylic acids is 2. The van der Waals surface area contributed by atoms with Crippen molar-refractivity contribution in [3.8, 4) is 6.07 Å². The third-order valence-electron chi connectivity index (χ3n) is 5.92. The van der Waals surface area contributed by atoms with Crippen LogP contribution >= 0.6 is 11.6 Å². The molecule has 2 unspecified atom stereocenters. The molecule has 4 rings (SSSR count). The number of nitrogens with zero attached hydrogens (tertiary/aromatic N) is 4. The van der Waals surface area contributed by atoms with Gasteiger partial charge in [-0.05, 0) is 42.9 Å². The van der Waals surface area contributed by atoms with E-state index in [4.69, 9.17) is 11.6 Å². The van der Waals surface area contributed by atoms with E-state index < -0.39 is 22.0 Å². The zero-order valence-electron chi connectivity index (χ0n) is 15.2. The van der Waals surface area contributed by atoms with Gasteiger partial charge < -0.3 is 0 Å². The molecule has 0 aliphatic heterocycles. The molecule has 146 valence electrons. The van der Waals surface area contributed by atoms with Gasteiger partial charge in [0.1, 0.15) is 16.8 Å². The van der Waals surface area contributed by atoms with Crippen molar-refractivity contribution in [2.75, 3.05) is 0 Å². The van der Waals surface area contributed by atoms with E-state index in [1.54, 1.807) is 6.07 Å². The Hall–Kier alpha value is -3.18. The Morgan fingerprint density at radius 1 is 1.34 bits per heavy atom. The van der Waals surface area contributed by atoms with Crippen LogP contribution in [0.25, 0.3) is 0 Å². The fourth-order valence-electron chi connectivity index (χ4n) is 4.68. The van der Waals surface area contributed by atoms with Crippen molar-refractivity contribution in [2.24, 2.45) is 5.92 Å². The molecule has 0 bridgehead atoms. The van der Waals surface area contributed by atoms with Gasteiger partial charge in [-0.2, -0.15) is 5.26 Å². The molecule has 9 heteroatoms. The molecule has 0 amide bonds. The number of nitriles is 1. The van der Waals surface area contributed by atoms with Crippen LogP contribution < -0.4 is 0 Å². The highest BCUT2D eigenvalue weighted by Crippen LogP contribution is 2.51. The minimum absolute atomic E-state index is 0.0783. The van der Waals surface area contributed by atoms with E-state index in [-0.39, 0.29) is 28.0 Å². The molecule has 2 aromatic rings. The van der Waals surface area contributed by atoms with Crippen molar-refractivity contribution in [1.82, 2.24) is 9.97 Å². The lowest BCUT2D eigenvalue weighted by Crippen LogP contribution is -2.45. The molecule has 2 aliphatic carbocycles. The van der Waals surface area contributed by atoms with Gasteiger partial charge in [0, 0.05) is 12.3 Å². The number of hydrogen-bond donors (Lipinski definition) is 0. The Labute approximate surface area is 170 Å². The summed E-state index contributed by atoms with van der Waals surface area (Å²) in [6, 6.07) is 6.29. The third-order valence-corrected chi connectivity index (χ3v) is 6.13. The molecule has 1 heterocycles. The summed E-state index contributed by atoms with van der Waals surface area (Å²) in [5, 5.41) is 21.2. The first-order valence-electron chi connectivity index (χ1n) is 9.17. The fourth-order valence-corrected chi connectivity index (χ4v) is 4.82. The second-order valence-electron chi connectivity index (χ2n) is 7.32. The maximum atomic E-state index is 13.6. The summed E-state index contributed by atoms with van der Waals surface area (Å²) in [4.78, 5) is 45.2. The molecule has 8 nitrogen and oxygen atoms in total. The minimum atomic E-state index is -1.07. The average molecular weight is 411 g/mol. The number of hydrogen-bond acceptors (Lipinski definition) is 7. The number of nitro groups is 1. The van der Waals surface area contributed by atoms with Crippen molar-refractivity contribution in [1.29, 1.82) is 5.26 Å². The topological polar surface area (TPSA) is 127 Å². The lowest BCUT2D eigenvalue weighted by molar-refractivity contribution is -0.385. The number of fused-ring (bicyclic) bond motifs is 2. The van der Waals surface area contributed by atoms with E-state index in [2.05, 4.69) is 9.97 Å². The van der Waals surface area contributed by atoms with Crippen molar-refractivity contribution in [3.05, 3.63) is 62.2 Å². The Bertz CT molecular complexity index is 1110. The first-order chi connectivity index (χ1) is 13.9. The van der Waals surface area contributed by atoms with Gasteiger partial charge in [-0.1, -0.05) is 24.1 Å². The molecule has 0 N–H and O–H groups in total. The zero-order chi connectivity index (χ0) is 20.8. The number of Topliss-reactive ketones (excluding diaryl/α,β-unsaturated/α-hetero) is 2. The Morgan fingerprint density at radius 3 is 2.83 bits per heavy atom. The fraction of sp³-hybridized carbons (Fsp3) is 0.350. The number of benzene rings is 1. The molecular formula is C20H15ClN4O4. The van der Waals surface area contributed by atoms with Gasteiger partial charge >= 0.3 is 0 Å². The van der Waals surface area contributed by atoms with Crippen LogP contribution in [-0.2, 0) is 16.6 Å². The van der Waals surface area contributed by atoms with Crippen molar-refractivity contribution >= 4 is 28.9 Å². The highest BCUT2D eigenvalue weighted by molar-refractivity contribution is 6.29. The largest absolute Gasteiger partial charge is 0.298 e. The summed E-state index contributed by atoms with van der Waals surface area (Å²) in [5.74, 6) is -1.90. The van der Waals surface area contributed by atoms with Crippen molar-refractivity contribution < 1.29 is 14.5 Å². The summed E-state index contributed by atoms with van der Waals surface area (Å²) in [6.45, 7) is 0. The maximum absolute atomic E-state index is 13.6. The number of ketones is 2. The average Bonchev–Trinajstić information content (AvgIpc) is 3.08. The van der Waals surface area contributed by atoms with Crippen LogP contribution in [0, 0.1) is 27.4 Å². The summed E-state index contributed by atoms with van der Waals surface area (Å²) >= 11 is 5.85. The van der Waals surface area contributed by atoms with Crippen LogP contribution in [0.2, 0.25) is 5.15 Å². The van der Waals surface area contributed by atoms with Gasteiger partial charge in [-0.25, -0.2) is 9.97 Å². The van der Waals surface area contributed by atoms with Crippen LogP contribution in [0.5, 0.6) is 0 Å². The summed E-state index contributed by atoms with van der Waals surface area (Å²) in [5.41, 5.74) is -0.280. The van der Waals surface area contributed by atoms with Crippen molar-refractivity contribution in [3.63, 3.8) is 0 Å². The molecular weight excluding hydrogens is 396 g/mol. The lowest BCUT2D eigenvalue weighted by Gasteiger charge is -2.36. The highest BCUT2D eigenvalue weighted by atomic mass is 35.5. The quantitative estimate of drug-likeness (QED) is 0.249. The molecule has 0 radical (unpaired) electrons. The van der Waals surface area contributed by atoms with Gasteiger partial charge in [0.05, 0.1) is 16.3 Å². The Kier molecular flexibility index (Phi) is 4.63. The molecule has 1 aromatic heterocycles. The minimum Gasteiger partial charge on any atom is -0.298 e. The van der Waals surface area contributed by atoms with E-state index in [1.165, 1.54) is 18.3 Å². The highest BCUT2D eigenvalue weighted by Gasteiger charge is 2.53. The number of carbonyl (C=O) groups is 2. The monoisotopic (exact) mass is 410 g/mol. The van der Waals surface area contributed by atoms with Crippen LogP contribution in [0.1, 0.15) is 53.0 Å². The molecule has 2 aliphatic rings. The van der Waals surface area contributed by atoms with E-state index >= 15 is 0 Å². The van der Waals surface area contributed by atoms with Crippen molar-refractivity contribution in [2.45, 2.75) is 37.5 Å².